The molecule has 15 heavy (non-hydrogen) atoms. The molecule has 0 aromatic carbocycles. The Hall–Kier alpha value is 0.250. The van der Waals surface area contributed by atoms with E-state index < -0.39 is 0 Å². The first-order chi connectivity index (χ1) is 7.16. The third-order valence-electron chi connectivity index (χ3n) is 2.71. The van der Waals surface area contributed by atoms with Gasteiger partial charge in [0.25, 0.3) is 0 Å². The molecule has 0 aliphatic rings. The van der Waals surface area contributed by atoms with E-state index in [1.165, 1.54) is 51.5 Å². The standard InChI is InChI=1S/C13H28ClN/c1-4-5-6-7-8-9-10-11-15(3)12-13(2)14/h13H,4-12H2,1-3H3. The molecule has 1 unspecified atom stereocenters. The lowest BCUT2D eigenvalue weighted by atomic mass is 10.1. The van der Waals surface area contributed by atoms with Gasteiger partial charge in [-0.15, -0.1) is 11.6 Å². The monoisotopic (exact) mass is 233 g/mol. The average Bonchev–Trinajstić information content (AvgIpc) is 2.15. The minimum Gasteiger partial charge on any atom is -0.305 e. The van der Waals surface area contributed by atoms with E-state index in [1.54, 1.807) is 0 Å². The van der Waals surface area contributed by atoms with Gasteiger partial charge in [-0.2, -0.15) is 0 Å². The minimum absolute atomic E-state index is 0.277. The summed E-state index contributed by atoms with van der Waals surface area (Å²) in [5.41, 5.74) is 0. The van der Waals surface area contributed by atoms with Crippen LogP contribution >= 0.6 is 11.6 Å². The lowest BCUT2D eigenvalue weighted by Crippen LogP contribution is -2.25. The van der Waals surface area contributed by atoms with Crippen molar-refractivity contribution in [2.24, 2.45) is 0 Å². The van der Waals surface area contributed by atoms with E-state index in [0.717, 1.165) is 6.54 Å². The Labute approximate surface area is 101 Å². The Bertz CT molecular complexity index is 126. The van der Waals surface area contributed by atoms with Gasteiger partial charge < -0.3 is 4.90 Å². The molecule has 92 valence electrons. The predicted octanol–water partition coefficient (Wildman–Crippen LogP) is 4.30. The fourth-order valence-corrected chi connectivity index (χ4v) is 2.10. The summed E-state index contributed by atoms with van der Waals surface area (Å²) in [6, 6.07) is 0. The van der Waals surface area contributed by atoms with Crippen molar-refractivity contribution in [1.82, 2.24) is 4.90 Å². The zero-order chi connectivity index (χ0) is 11.5. The molecule has 0 amide bonds. The molecule has 2 heteroatoms. The van der Waals surface area contributed by atoms with Crippen LogP contribution in [0.1, 0.15) is 58.8 Å². The summed E-state index contributed by atoms with van der Waals surface area (Å²) in [6.45, 7) is 6.54. The van der Waals surface area contributed by atoms with Crippen LogP contribution in [0.15, 0.2) is 0 Å². The van der Waals surface area contributed by atoms with Crippen molar-refractivity contribution in [3.63, 3.8) is 0 Å². The quantitative estimate of drug-likeness (QED) is 0.402. The number of halogens is 1. The number of unbranched alkanes of at least 4 members (excludes halogenated alkanes) is 6. The Morgan fingerprint density at radius 3 is 2.07 bits per heavy atom. The fraction of sp³-hybridized carbons (Fsp3) is 1.00. The van der Waals surface area contributed by atoms with Gasteiger partial charge >= 0.3 is 0 Å². The van der Waals surface area contributed by atoms with Gasteiger partial charge in [0.2, 0.25) is 0 Å². The molecule has 0 heterocycles. The number of nitrogens with zero attached hydrogens (tertiary/aromatic N) is 1. The molecular weight excluding hydrogens is 206 g/mol. The molecule has 0 aromatic rings. The van der Waals surface area contributed by atoms with Gasteiger partial charge in [0.1, 0.15) is 0 Å². The van der Waals surface area contributed by atoms with Crippen molar-refractivity contribution in [2.45, 2.75) is 64.2 Å². The molecule has 0 bridgehead atoms. The highest BCUT2D eigenvalue weighted by atomic mass is 35.5. The molecular formula is C13H28ClN. The van der Waals surface area contributed by atoms with Crippen molar-refractivity contribution in [2.75, 3.05) is 20.1 Å². The van der Waals surface area contributed by atoms with Crippen LogP contribution in [0.2, 0.25) is 0 Å². The van der Waals surface area contributed by atoms with Crippen molar-refractivity contribution >= 4 is 11.6 Å². The zero-order valence-electron chi connectivity index (χ0n) is 10.8. The van der Waals surface area contributed by atoms with Crippen molar-refractivity contribution < 1.29 is 0 Å². The number of rotatable bonds is 10. The van der Waals surface area contributed by atoms with Gasteiger partial charge in [-0.05, 0) is 26.9 Å². The molecule has 0 saturated heterocycles. The molecule has 0 fully saturated rings. The van der Waals surface area contributed by atoms with E-state index in [1.807, 2.05) is 0 Å². The first-order valence-corrected chi connectivity index (χ1v) is 6.93. The molecule has 0 N–H and O–H groups in total. The third-order valence-corrected chi connectivity index (χ3v) is 2.84. The number of hydrogen-bond acceptors (Lipinski definition) is 1. The number of hydrogen-bond donors (Lipinski definition) is 0. The Morgan fingerprint density at radius 1 is 1.00 bits per heavy atom. The van der Waals surface area contributed by atoms with Gasteiger partial charge in [0.15, 0.2) is 0 Å². The van der Waals surface area contributed by atoms with Gasteiger partial charge in [0.05, 0.1) is 0 Å². The summed E-state index contributed by atoms with van der Waals surface area (Å²) in [7, 11) is 2.16. The zero-order valence-corrected chi connectivity index (χ0v) is 11.5. The second kappa shape index (κ2) is 10.8. The summed E-state index contributed by atoms with van der Waals surface area (Å²) in [5, 5.41) is 0.277. The molecule has 1 atom stereocenters. The van der Waals surface area contributed by atoms with Crippen LogP contribution in [0.3, 0.4) is 0 Å². The molecule has 0 aromatic heterocycles. The van der Waals surface area contributed by atoms with Gasteiger partial charge in [0, 0.05) is 11.9 Å². The van der Waals surface area contributed by atoms with Crippen LogP contribution in [0, 0.1) is 0 Å². The Balaban J connectivity index is 3.09. The topological polar surface area (TPSA) is 3.24 Å². The molecule has 0 rings (SSSR count). The fourth-order valence-electron chi connectivity index (χ4n) is 1.86. The summed E-state index contributed by atoms with van der Waals surface area (Å²) >= 11 is 5.93. The third kappa shape index (κ3) is 12.2. The smallest absolute Gasteiger partial charge is 0.0434 e. The first kappa shape index (κ1) is 15.2. The SMILES string of the molecule is CCCCCCCCCN(C)CC(C)Cl. The van der Waals surface area contributed by atoms with Crippen LogP contribution in [-0.4, -0.2) is 30.4 Å². The van der Waals surface area contributed by atoms with E-state index in [4.69, 9.17) is 11.6 Å². The van der Waals surface area contributed by atoms with Crippen LogP contribution in [0.25, 0.3) is 0 Å². The maximum absolute atomic E-state index is 5.93. The highest BCUT2D eigenvalue weighted by Gasteiger charge is 2.01. The van der Waals surface area contributed by atoms with Crippen LogP contribution in [0.4, 0.5) is 0 Å². The van der Waals surface area contributed by atoms with Gasteiger partial charge in [-0.1, -0.05) is 45.4 Å². The largest absolute Gasteiger partial charge is 0.305 e. The summed E-state index contributed by atoms with van der Waals surface area (Å²) in [5.74, 6) is 0. The molecule has 1 nitrogen and oxygen atoms in total. The van der Waals surface area contributed by atoms with E-state index in [0.29, 0.717) is 0 Å². The van der Waals surface area contributed by atoms with E-state index in [2.05, 4.69) is 25.8 Å². The van der Waals surface area contributed by atoms with Crippen molar-refractivity contribution in [1.29, 1.82) is 0 Å². The van der Waals surface area contributed by atoms with E-state index >= 15 is 0 Å². The average molecular weight is 234 g/mol. The predicted molar refractivity (Wildman–Crippen MR) is 70.8 cm³/mol. The minimum atomic E-state index is 0.277. The lowest BCUT2D eigenvalue weighted by molar-refractivity contribution is 0.326. The van der Waals surface area contributed by atoms with Gasteiger partial charge in [-0.3, -0.25) is 0 Å². The maximum atomic E-state index is 5.93. The van der Waals surface area contributed by atoms with Crippen LogP contribution in [-0.2, 0) is 0 Å². The Kier molecular flexibility index (Phi) is 10.9. The second-order valence-electron chi connectivity index (χ2n) is 4.66. The highest BCUT2D eigenvalue weighted by molar-refractivity contribution is 6.20. The molecule has 0 spiro atoms. The summed E-state index contributed by atoms with van der Waals surface area (Å²) < 4.78 is 0. The van der Waals surface area contributed by atoms with Gasteiger partial charge in [-0.25, -0.2) is 0 Å². The lowest BCUT2D eigenvalue weighted by Gasteiger charge is -2.17. The maximum Gasteiger partial charge on any atom is 0.0434 e. The normalized spacial score (nSPS) is 13.4. The molecule has 0 radical (unpaired) electrons. The number of alkyl halides is 1. The first-order valence-electron chi connectivity index (χ1n) is 6.49. The van der Waals surface area contributed by atoms with Crippen LogP contribution in [0.5, 0.6) is 0 Å². The van der Waals surface area contributed by atoms with Crippen molar-refractivity contribution in [3.8, 4) is 0 Å². The van der Waals surface area contributed by atoms with Crippen LogP contribution < -0.4 is 0 Å². The van der Waals surface area contributed by atoms with E-state index in [9.17, 15) is 0 Å². The molecule has 0 aliphatic heterocycles. The highest BCUT2D eigenvalue weighted by Crippen LogP contribution is 2.07. The summed E-state index contributed by atoms with van der Waals surface area (Å²) in [6.07, 6.45) is 9.70. The molecule has 0 saturated carbocycles. The van der Waals surface area contributed by atoms with E-state index in [-0.39, 0.29) is 5.38 Å². The second-order valence-corrected chi connectivity index (χ2v) is 5.41. The molecule has 0 aliphatic carbocycles. The van der Waals surface area contributed by atoms with Crippen molar-refractivity contribution in [3.05, 3.63) is 0 Å². The Morgan fingerprint density at radius 2 is 1.53 bits per heavy atom. The summed E-state index contributed by atoms with van der Waals surface area (Å²) in [4.78, 5) is 2.34.